The summed E-state index contributed by atoms with van der Waals surface area (Å²) in [6, 6.07) is 12.9. The van der Waals surface area contributed by atoms with Gasteiger partial charge in [-0.1, -0.05) is 38.1 Å². The molecule has 0 spiro atoms. The van der Waals surface area contributed by atoms with Crippen molar-refractivity contribution >= 4 is 24.2 Å². The normalized spacial score (nSPS) is 16.3. The zero-order chi connectivity index (χ0) is 20.1. The molecule has 0 radical (unpaired) electrons. The molecular formula is C22H27ClFN3O2. The van der Waals surface area contributed by atoms with E-state index in [9.17, 15) is 14.0 Å². The average molecular weight is 420 g/mol. The predicted octanol–water partition coefficient (Wildman–Crippen LogP) is 3.01. The van der Waals surface area contributed by atoms with Crippen LogP contribution < -0.4 is 16.0 Å². The average Bonchev–Trinajstić information content (AvgIpc) is 2.70. The van der Waals surface area contributed by atoms with Crippen molar-refractivity contribution < 1.29 is 14.0 Å². The summed E-state index contributed by atoms with van der Waals surface area (Å²) in [5.74, 6) is -1.11. The summed E-state index contributed by atoms with van der Waals surface area (Å²) in [5, 5.41) is 9.16. The molecule has 7 heteroatoms. The largest absolute Gasteiger partial charge is 0.352 e. The number of benzene rings is 2. The third kappa shape index (κ3) is 5.78. The lowest BCUT2D eigenvalue weighted by Gasteiger charge is -2.28. The Kier molecular flexibility index (Phi) is 8.17. The molecular weight excluding hydrogens is 393 g/mol. The topological polar surface area (TPSA) is 70.2 Å². The van der Waals surface area contributed by atoms with Gasteiger partial charge in [0.25, 0.3) is 5.91 Å². The number of carbonyl (C=O) groups excluding carboxylic acids is 2. The quantitative estimate of drug-likeness (QED) is 0.674. The maximum Gasteiger partial charge on any atom is 0.251 e. The smallest absolute Gasteiger partial charge is 0.251 e. The molecule has 156 valence electrons. The van der Waals surface area contributed by atoms with Gasteiger partial charge in [-0.2, -0.15) is 0 Å². The molecule has 1 aliphatic heterocycles. The Hall–Kier alpha value is -2.44. The van der Waals surface area contributed by atoms with Gasteiger partial charge in [-0.15, -0.1) is 12.4 Å². The highest BCUT2D eigenvalue weighted by molar-refractivity contribution is 5.97. The van der Waals surface area contributed by atoms with Crippen LogP contribution in [0.1, 0.15) is 41.4 Å². The fraction of sp³-hybridized carbons (Fsp3) is 0.364. The van der Waals surface area contributed by atoms with Gasteiger partial charge in [-0.3, -0.25) is 9.59 Å². The monoisotopic (exact) mass is 419 g/mol. The van der Waals surface area contributed by atoms with Crippen molar-refractivity contribution in [2.24, 2.45) is 5.92 Å². The van der Waals surface area contributed by atoms with Gasteiger partial charge in [0, 0.05) is 18.2 Å². The number of halogens is 2. The second kappa shape index (κ2) is 10.4. The standard InChI is InChI=1S/C22H26FN3O2.ClH/c1-14(2)20(26-21(27)16-7-9-17(23)10-8-16)22(28)25-13-19-18-6-4-3-5-15(18)11-12-24-19;/h3-10,14,19-20,24H,11-13H2,1-2H3,(H,25,28)(H,26,27);1H. The van der Waals surface area contributed by atoms with Crippen molar-refractivity contribution in [1.82, 2.24) is 16.0 Å². The number of fused-ring (bicyclic) bond motifs is 1. The zero-order valence-corrected chi connectivity index (χ0v) is 17.4. The van der Waals surface area contributed by atoms with Crippen molar-refractivity contribution in [3.63, 3.8) is 0 Å². The molecule has 2 unspecified atom stereocenters. The van der Waals surface area contributed by atoms with E-state index in [1.54, 1.807) is 0 Å². The molecule has 0 saturated heterocycles. The first-order chi connectivity index (χ1) is 13.5. The predicted molar refractivity (Wildman–Crippen MR) is 114 cm³/mol. The van der Waals surface area contributed by atoms with Crippen molar-refractivity contribution in [3.8, 4) is 0 Å². The Morgan fingerprint density at radius 1 is 1.14 bits per heavy atom. The summed E-state index contributed by atoms with van der Waals surface area (Å²) in [6.45, 7) is 5.07. The van der Waals surface area contributed by atoms with E-state index in [4.69, 9.17) is 0 Å². The molecule has 3 rings (SSSR count). The van der Waals surface area contributed by atoms with Gasteiger partial charge >= 0.3 is 0 Å². The van der Waals surface area contributed by atoms with Gasteiger partial charge < -0.3 is 16.0 Å². The zero-order valence-electron chi connectivity index (χ0n) is 16.6. The lowest BCUT2D eigenvalue weighted by atomic mass is 9.94. The van der Waals surface area contributed by atoms with Crippen LogP contribution >= 0.6 is 12.4 Å². The molecule has 29 heavy (non-hydrogen) atoms. The van der Waals surface area contributed by atoms with Gasteiger partial charge in [0.2, 0.25) is 5.91 Å². The van der Waals surface area contributed by atoms with Crippen molar-refractivity contribution in [2.45, 2.75) is 32.4 Å². The molecule has 0 aliphatic carbocycles. The Bertz CT molecular complexity index is 842. The highest BCUT2D eigenvalue weighted by Crippen LogP contribution is 2.22. The maximum absolute atomic E-state index is 13.1. The molecule has 2 aromatic rings. The minimum atomic E-state index is -0.670. The second-order valence-electron chi connectivity index (χ2n) is 7.40. The molecule has 2 amide bonds. The summed E-state index contributed by atoms with van der Waals surface area (Å²) >= 11 is 0. The third-order valence-corrected chi connectivity index (χ3v) is 5.04. The second-order valence-corrected chi connectivity index (χ2v) is 7.40. The first-order valence-corrected chi connectivity index (χ1v) is 9.61. The lowest BCUT2D eigenvalue weighted by Crippen LogP contribution is -2.51. The van der Waals surface area contributed by atoms with Gasteiger partial charge in [-0.25, -0.2) is 4.39 Å². The van der Waals surface area contributed by atoms with Crippen molar-refractivity contribution in [3.05, 3.63) is 71.0 Å². The summed E-state index contributed by atoms with van der Waals surface area (Å²) in [5.41, 5.74) is 2.82. The van der Waals surface area contributed by atoms with Crippen LogP contribution in [0.5, 0.6) is 0 Å². The van der Waals surface area contributed by atoms with Crippen LogP contribution in [-0.4, -0.2) is 30.9 Å². The number of hydrogen-bond acceptors (Lipinski definition) is 3. The minimum absolute atomic E-state index is 0. The van der Waals surface area contributed by atoms with E-state index in [0.29, 0.717) is 12.1 Å². The Balaban J connectivity index is 0.00000300. The molecule has 0 fully saturated rings. The van der Waals surface area contributed by atoms with Gasteiger partial charge in [0.05, 0.1) is 0 Å². The van der Waals surface area contributed by atoms with Crippen LogP contribution in [0.25, 0.3) is 0 Å². The van der Waals surface area contributed by atoms with Crippen LogP contribution in [0, 0.1) is 11.7 Å². The number of rotatable bonds is 6. The third-order valence-electron chi connectivity index (χ3n) is 5.04. The minimum Gasteiger partial charge on any atom is -0.352 e. The number of nitrogens with one attached hydrogen (secondary N) is 3. The summed E-state index contributed by atoms with van der Waals surface area (Å²) in [7, 11) is 0. The van der Waals surface area contributed by atoms with E-state index in [1.807, 2.05) is 26.0 Å². The molecule has 1 aliphatic rings. The molecule has 5 nitrogen and oxygen atoms in total. The summed E-state index contributed by atoms with van der Waals surface area (Å²) < 4.78 is 13.1. The summed E-state index contributed by atoms with van der Waals surface area (Å²) in [4.78, 5) is 25.2. The Morgan fingerprint density at radius 2 is 1.83 bits per heavy atom. The van der Waals surface area contributed by atoms with E-state index < -0.39 is 17.8 Å². The summed E-state index contributed by atoms with van der Waals surface area (Å²) in [6.07, 6.45) is 0.975. The van der Waals surface area contributed by atoms with Crippen LogP contribution in [0.3, 0.4) is 0 Å². The maximum atomic E-state index is 13.1. The fourth-order valence-corrected chi connectivity index (χ4v) is 3.45. The van der Waals surface area contributed by atoms with Gasteiger partial charge in [0.15, 0.2) is 0 Å². The van der Waals surface area contributed by atoms with Crippen LogP contribution in [0.2, 0.25) is 0 Å². The van der Waals surface area contributed by atoms with Crippen LogP contribution in [0.4, 0.5) is 4.39 Å². The molecule has 0 saturated carbocycles. The van der Waals surface area contributed by atoms with Gasteiger partial charge in [0.1, 0.15) is 11.9 Å². The van der Waals surface area contributed by atoms with E-state index in [-0.39, 0.29) is 30.3 Å². The van der Waals surface area contributed by atoms with E-state index in [1.165, 1.54) is 35.4 Å². The van der Waals surface area contributed by atoms with Crippen molar-refractivity contribution in [2.75, 3.05) is 13.1 Å². The van der Waals surface area contributed by atoms with Gasteiger partial charge in [-0.05, 0) is 54.3 Å². The highest BCUT2D eigenvalue weighted by Gasteiger charge is 2.26. The molecule has 3 N–H and O–H groups in total. The Morgan fingerprint density at radius 3 is 2.52 bits per heavy atom. The molecule has 2 atom stereocenters. The highest BCUT2D eigenvalue weighted by atomic mass is 35.5. The fourth-order valence-electron chi connectivity index (χ4n) is 3.45. The van der Waals surface area contributed by atoms with E-state index >= 15 is 0 Å². The number of amides is 2. The Labute approximate surface area is 176 Å². The number of carbonyl (C=O) groups is 2. The van der Waals surface area contributed by atoms with Crippen LogP contribution in [0.15, 0.2) is 48.5 Å². The SMILES string of the molecule is CC(C)C(NC(=O)c1ccc(F)cc1)C(=O)NCC1NCCc2ccccc21.Cl. The van der Waals surface area contributed by atoms with E-state index in [2.05, 4.69) is 28.1 Å². The first-order valence-electron chi connectivity index (χ1n) is 9.61. The molecule has 0 bridgehead atoms. The lowest BCUT2D eigenvalue weighted by molar-refractivity contribution is -0.124. The molecule has 0 aromatic heterocycles. The van der Waals surface area contributed by atoms with Crippen LogP contribution in [-0.2, 0) is 11.2 Å². The van der Waals surface area contributed by atoms with E-state index in [0.717, 1.165) is 13.0 Å². The molecule has 1 heterocycles. The van der Waals surface area contributed by atoms with Crippen molar-refractivity contribution in [1.29, 1.82) is 0 Å². The number of hydrogen-bond donors (Lipinski definition) is 3. The first kappa shape index (κ1) is 22.8. The molecule has 2 aromatic carbocycles.